The van der Waals surface area contributed by atoms with E-state index in [1.807, 2.05) is 12.1 Å². The molecule has 1 saturated heterocycles. The number of nitrogens with one attached hydrogen (secondary N) is 2. The maximum absolute atomic E-state index is 5.38. The zero-order chi connectivity index (χ0) is 13.5. The van der Waals surface area contributed by atoms with Crippen molar-refractivity contribution in [3.8, 4) is 11.5 Å². The van der Waals surface area contributed by atoms with E-state index in [1.165, 1.54) is 0 Å². The minimum atomic E-state index is 0.294. The van der Waals surface area contributed by atoms with Crippen molar-refractivity contribution in [3.63, 3.8) is 0 Å². The van der Waals surface area contributed by atoms with Gasteiger partial charge in [0.15, 0.2) is 11.5 Å². The van der Waals surface area contributed by atoms with Crippen molar-refractivity contribution in [2.45, 2.75) is 18.9 Å². The number of nitrogens with zero attached hydrogens (tertiary/aromatic N) is 2. The lowest BCUT2D eigenvalue weighted by Gasteiger charge is -2.29. The highest BCUT2D eigenvalue weighted by atomic mass is 16.7. The number of piperidine rings is 1. The molecule has 0 unspecified atom stereocenters. The lowest BCUT2D eigenvalue weighted by atomic mass is 10.1. The fourth-order valence-corrected chi connectivity index (χ4v) is 2.81. The van der Waals surface area contributed by atoms with E-state index in [9.17, 15) is 0 Å². The molecule has 1 fully saturated rings. The smallest absolute Gasteiger partial charge is 0.231 e. The minimum Gasteiger partial charge on any atom is -0.454 e. The summed E-state index contributed by atoms with van der Waals surface area (Å²) in [6.07, 6.45) is 2.30. The first-order valence-corrected chi connectivity index (χ1v) is 7.02. The molecule has 3 heterocycles. The molecule has 0 radical (unpaired) electrons. The van der Waals surface area contributed by atoms with Crippen LogP contribution in [-0.4, -0.2) is 47.8 Å². The second kappa shape index (κ2) is 4.56. The molecule has 0 atom stereocenters. The molecule has 20 heavy (non-hydrogen) atoms. The van der Waals surface area contributed by atoms with Gasteiger partial charge in [0.1, 0.15) is 0 Å². The molecular weight excluding hydrogens is 256 g/mol. The number of aromatic amines is 1. The fourth-order valence-electron chi connectivity index (χ4n) is 2.81. The number of fused-ring (bicyclic) bond motifs is 2. The van der Waals surface area contributed by atoms with Gasteiger partial charge < -0.3 is 24.7 Å². The summed E-state index contributed by atoms with van der Waals surface area (Å²) in [6, 6.07) is 4.37. The van der Waals surface area contributed by atoms with Gasteiger partial charge in [-0.15, -0.1) is 0 Å². The molecule has 0 saturated carbocycles. The predicted octanol–water partition coefficient (Wildman–Crippen LogP) is 1.80. The SMILES string of the molecule is CN1CCC(Nc2nc3cc4c(cc3[nH]2)OCO4)CC1. The third-order valence-electron chi connectivity index (χ3n) is 4.04. The third kappa shape index (κ3) is 2.06. The van der Waals surface area contributed by atoms with Crippen molar-refractivity contribution in [1.82, 2.24) is 14.9 Å². The number of H-pyrrole nitrogens is 1. The Labute approximate surface area is 117 Å². The van der Waals surface area contributed by atoms with Crippen LogP contribution in [0.4, 0.5) is 5.95 Å². The van der Waals surface area contributed by atoms with Crippen molar-refractivity contribution in [1.29, 1.82) is 0 Å². The zero-order valence-corrected chi connectivity index (χ0v) is 11.5. The topological polar surface area (TPSA) is 62.4 Å². The first-order valence-electron chi connectivity index (χ1n) is 7.02. The highest BCUT2D eigenvalue weighted by molar-refractivity contribution is 5.82. The summed E-state index contributed by atoms with van der Waals surface area (Å²) in [5.74, 6) is 2.39. The first kappa shape index (κ1) is 11.8. The number of aromatic nitrogens is 2. The Morgan fingerprint density at radius 1 is 1.25 bits per heavy atom. The van der Waals surface area contributed by atoms with Gasteiger partial charge in [-0.3, -0.25) is 0 Å². The Morgan fingerprint density at radius 3 is 2.80 bits per heavy atom. The highest BCUT2D eigenvalue weighted by Gasteiger charge is 2.19. The standard InChI is InChI=1S/C14H18N4O2/c1-18-4-2-9(3-5-18)15-14-16-10-6-12-13(20-8-19-12)7-11(10)17-14/h6-7,9H,2-5,8H2,1H3,(H2,15,16,17). The van der Waals surface area contributed by atoms with Gasteiger partial charge in [0, 0.05) is 18.2 Å². The maximum Gasteiger partial charge on any atom is 0.231 e. The number of ether oxygens (including phenoxy) is 2. The molecule has 106 valence electrons. The van der Waals surface area contributed by atoms with Crippen molar-refractivity contribution in [3.05, 3.63) is 12.1 Å². The molecule has 1 aromatic carbocycles. The Balaban J connectivity index is 1.55. The van der Waals surface area contributed by atoms with Crippen LogP contribution in [0.2, 0.25) is 0 Å². The molecule has 4 rings (SSSR count). The van der Waals surface area contributed by atoms with Crippen molar-refractivity contribution in [2.75, 3.05) is 32.2 Å². The molecule has 2 aliphatic rings. The van der Waals surface area contributed by atoms with Crippen molar-refractivity contribution >= 4 is 17.0 Å². The molecular formula is C14H18N4O2. The largest absolute Gasteiger partial charge is 0.454 e. The monoisotopic (exact) mass is 274 g/mol. The highest BCUT2D eigenvalue weighted by Crippen LogP contribution is 2.35. The van der Waals surface area contributed by atoms with E-state index < -0.39 is 0 Å². The fraction of sp³-hybridized carbons (Fsp3) is 0.500. The average Bonchev–Trinajstić information content (AvgIpc) is 3.03. The number of anilines is 1. The molecule has 6 nitrogen and oxygen atoms in total. The number of rotatable bonds is 2. The van der Waals surface area contributed by atoms with Gasteiger partial charge in [-0.05, 0) is 33.0 Å². The lowest BCUT2D eigenvalue weighted by molar-refractivity contribution is 0.174. The normalized spacial score (nSPS) is 19.6. The molecule has 0 aliphatic carbocycles. The van der Waals surface area contributed by atoms with E-state index in [-0.39, 0.29) is 0 Å². The molecule has 0 spiro atoms. The number of benzene rings is 1. The van der Waals surface area contributed by atoms with Crippen LogP contribution in [0.5, 0.6) is 11.5 Å². The van der Waals surface area contributed by atoms with E-state index in [1.54, 1.807) is 0 Å². The van der Waals surface area contributed by atoms with E-state index in [4.69, 9.17) is 9.47 Å². The zero-order valence-electron chi connectivity index (χ0n) is 11.5. The second-order valence-electron chi connectivity index (χ2n) is 5.53. The summed E-state index contributed by atoms with van der Waals surface area (Å²) in [5.41, 5.74) is 1.88. The van der Waals surface area contributed by atoms with Crippen molar-refractivity contribution < 1.29 is 9.47 Å². The van der Waals surface area contributed by atoms with Crippen LogP contribution in [0.3, 0.4) is 0 Å². The Morgan fingerprint density at radius 2 is 2.00 bits per heavy atom. The molecule has 1 aromatic heterocycles. The third-order valence-corrected chi connectivity index (χ3v) is 4.04. The summed E-state index contributed by atoms with van der Waals surface area (Å²) in [7, 11) is 2.17. The lowest BCUT2D eigenvalue weighted by Crippen LogP contribution is -2.36. The molecule has 2 aliphatic heterocycles. The summed E-state index contributed by atoms with van der Waals surface area (Å²) in [5, 5.41) is 3.49. The number of imidazole rings is 1. The maximum atomic E-state index is 5.38. The van der Waals surface area contributed by atoms with E-state index in [0.29, 0.717) is 12.8 Å². The molecule has 6 heteroatoms. The molecule has 2 N–H and O–H groups in total. The van der Waals surface area contributed by atoms with Crippen LogP contribution >= 0.6 is 0 Å². The predicted molar refractivity (Wildman–Crippen MR) is 76.4 cm³/mol. The van der Waals surface area contributed by atoms with Crippen LogP contribution in [0, 0.1) is 0 Å². The van der Waals surface area contributed by atoms with Crippen LogP contribution in [0.1, 0.15) is 12.8 Å². The van der Waals surface area contributed by atoms with Crippen LogP contribution in [0.15, 0.2) is 12.1 Å². The number of hydrogen-bond acceptors (Lipinski definition) is 5. The van der Waals surface area contributed by atoms with Gasteiger partial charge in [-0.1, -0.05) is 0 Å². The van der Waals surface area contributed by atoms with Crippen molar-refractivity contribution in [2.24, 2.45) is 0 Å². The summed E-state index contributed by atoms with van der Waals surface area (Å²) in [4.78, 5) is 10.3. The number of likely N-dealkylation sites (tertiary alicyclic amines) is 1. The van der Waals surface area contributed by atoms with Crippen LogP contribution in [-0.2, 0) is 0 Å². The first-order chi connectivity index (χ1) is 9.78. The van der Waals surface area contributed by atoms with Gasteiger partial charge in [0.2, 0.25) is 12.7 Å². The quantitative estimate of drug-likeness (QED) is 0.874. The van der Waals surface area contributed by atoms with Crippen LogP contribution in [0.25, 0.3) is 11.0 Å². The van der Waals surface area contributed by atoms with Gasteiger partial charge in [-0.2, -0.15) is 0 Å². The minimum absolute atomic E-state index is 0.294. The Kier molecular flexibility index (Phi) is 2.70. The van der Waals surface area contributed by atoms with E-state index >= 15 is 0 Å². The summed E-state index contributed by atoms with van der Waals surface area (Å²) in [6.45, 7) is 2.56. The summed E-state index contributed by atoms with van der Waals surface area (Å²) >= 11 is 0. The van der Waals surface area contributed by atoms with Crippen LogP contribution < -0.4 is 14.8 Å². The van der Waals surface area contributed by atoms with Gasteiger partial charge >= 0.3 is 0 Å². The number of hydrogen-bond donors (Lipinski definition) is 2. The van der Waals surface area contributed by atoms with E-state index in [0.717, 1.165) is 54.4 Å². The average molecular weight is 274 g/mol. The van der Waals surface area contributed by atoms with Gasteiger partial charge in [0.05, 0.1) is 11.0 Å². The van der Waals surface area contributed by atoms with Gasteiger partial charge in [0.25, 0.3) is 0 Å². The molecule has 0 amide bonds. The van der Waals surface area contributed by atoms with Gasteiger partial charge in [-0.25, -0.2) is 4.98 Å². The molecule has 0 bridgehead atoms. The molecule has 2 aromatic rings. The Hall–Kier alpha value is -1.95. The Bertz CT molecular complexity index is 590. The second-order valence-corrected chi connectivity index (χ2v) is 5.53. The van der Waals surface area contributed by atoms with E-state index in [2.05, 4.69) is 27.2 Å². The summed E-state index contributed by atoms with van der Waals surface area (Å²) < 4.78 is 10.8.